The van der Waals surface area contributed by atoms with Crippen LogP contribution in [0.3, 0.4) is 0 Å². The SMILES string of the molecule is C=C[C@@H]1CC[C@H](C=C)C12C[C@@H](C(=O)OC)C(=O)O2. The van der Waals surface area contributed by atoms with E-state index in [1.54, 1.807) is 0 Å². The van der Waals surface area contributed by atoms with Gasteiger partial charge in [-0.1, -0.05) is 12.2 Å². The van der Waals surface area contributed by atoms with Gasteiger partial charge in [0.15, 0.2) is 5.92 Å². The summed E-state index contributed by atoms with van der Waals surface area (Å²) in [5.74, 6) is -1.65. The Bertz CT molecular complexity index is 383. The zero-order valence-electron chi connectivity index (χ0n) is 10.6. The highest BCUT2D eigenvalue weighted by Gasteiger charge is 2.59. The van der Waals surface area contributed by atoms with Crippen LogP contribution in [0.4, 0.5) is 0 Å². The summed E-state index contributed by atoms with van der Waals surface area (Å²) < 4.78 is 10.2. The topological polar surface area (TPSA) is 52.6 Å². The standard InChI is InChI=1S/C14H18O4/c1-4-9-6-7-10(5-2)14(9)8-11(12(15)17-3)13(16)18-14/h4-5,9-11H,1-2,6-8H2,3H3/t9-,10+,11-,14?/m0/s1. The van der Waals surface area contributed by atoms with Crippen LogP contribution in [0.1, 0.15) is 19.3 Å². The average Bonchev–Trinajstić information content (AvgIpc) is 2.89. The van der Waals surface area contributed by atoms with Crippen molar-refractivity contribution in [2.24, 2.45) is 17.8 Å². The van der Waals surface area contributed by atoms with Gasteiger partial charge in [0, 0.05) is 18.3 Å². The second-order valence-electron chi connectivity index (χ2n) is 4.92. The number of carbonyl (C=O) groups excluding carboxylic acids is 2. The smallest absolute Gasteiger partial charge is 0.321 e. The predicted molar refractivity (Wildman–Crippen MR) is 65.6 cm³/mol. The van der Waals surface area contributed by atoms with Crippen molar-refractivity contribution in [2.45, 2.75) is 24.9 Å². The lowest BCUT2D eigenvalue weighted by Gasteiger charge is -2.32. The second-order valence-corrected chi connectivity index (χ2v) is 4.92. The molecule has 1 heterocycles. The first-order chi connectivity index (χ1) is 8.58. The number of carbonyl (C=O) groups is 2. The van der Waals surface area contributed by atoms with Gasteiger partial charge >= 0.3 is 11.9 Å². The largest absolute Gasteiger partial charge is 0.468 e. The lowest BCUT2D eigenvalue weighted by molar-refractivity contribution is -0.159. The summed E-state index contributed by atoms with van der Waals surface area (Å²) >= 11 is 0. The monoisotopic (exact) mass is 250 g/mol. The molecule has 0 aromatic carbocycles. The molecule has 1 spiro atoms. The van der Waals surface area contributed by atoms with E-state index in [1.807, 2.05) is 12.2 Å². The number of ether oxygens (including phenoxy) is 2. The average molecular weight is 250 g/mol. The molecule has 1 unspecified atom stereocenters. The maximum atomic E-state index is 11.9. The van der Waals surface area contributed by atoms with Gasteiger partial charge in [0.05, 0.1) is 7.11 Å². The second kappa shape index (κ2) is 4.59. The molecule has 4 nitrogen and oxygen atoms in total. The number of esters is 2. The fraction of sp³-hybridized carbons (Fsp3) is 0.571. The minimum absolute atomic E-state index is 0.0825. The van der Waals surface area contributed by atoms with Gasteiger partial charge in [-0.3, -0.25) is 9.59 Å². The summed E-state index contributed by atoms with van der Waals surface area (Å²) in [5, 5.41) is 0. The molecule has 1 saturated heterocycles. The Labute approximate surface area is 107 Å². The van der Waals surface area contributed by atoms with Gasteiger partial charge in [0.2, 0.25) is 0 Å². The van der Waals surface area contributed by atoms with Crippen LogP contribution >= 0.6 is 0 Å². The highest BCUT2D eigenvalue weighted by molar-refractivity contribution is 5.96. The Morgan fingerprint density at radius 3 is 2.39 bits per heavy atom. The Morgan fingerprint density at radius 2 is 1.94 bits per heavy atom. The summed E-state index contributed by atoms with van der Waals surface area (Å²) in [5.41, 5.74) is -0.639. The van der Waals surface area contributed by atoms with Crippen LogP contribution in [0.15, 0.2) is 25.3 Å². The summed E-state index contributed by atoms with van der Waals surface area (Å²) in [6.45, 7) is 7.61. The zero-order chi connectivity index (χ0) is 13.3. The molecule has 98 valence electrons. The lowest BCUT2D eigenvalue weighted by Crippen LogP contribution is -2.38. The van der Waals surface area contributed by atoms with E-state index >= 15 is 0 Å². The van der Waals surface area contributed by atoms with E-state index < -0.39 is 23.5 Å². The quantitative estimate of drug-likeness (QED) is 0.436. The van der Waals surface area contributed by atoms with Crippen molar-refractivity contribution >= 4 is 11.9 Å². The van der Waals surface area contributed by atoms with Crippen molar-refractivity contribution < 1.29 is 19.1 Å². The molecule has 0 amide bonds. The highest BCUT2D eigenvalue weighted by atomic mass is 16.6. The van der Waals surface area contributed by atoms with Crippen LogP contribution < -0.4 is 0 Å². The molecule has 0 radical (unpaired) electrons. The molecular weight excluding hydrogens is 232 g/mol. The van der Waals surface area contributed by atoms with Gasteiger partial charge < -0.3 is 9.47 Å². The van der Waals surface area contributed by atoms with Crippen LogP contribution in [-0.4, -0.2) is 24.6 Å². The number of hydrogen-bond donors (Lipinski definition) is 0. The van der Waals surface area contributed by atoms with Gasteiger partial charge in [-0.15, -0.1) is 13.2 Å². The van der Waals surface area contributed by atoms with E-state index in [0.29, 0.717) is 6.42 Å². The molecule has 0 aromatic heterocycles. The Hall–Kier alpha value is -1.58. The van der Waals surface area contributed by atoms with Crippen molar-refractivity contribution in [2.75, 3.05) is 7.11 Å². The molecule has 0 bridgehead atoms. The minimum Gasteiger partial charge on any atom is -0.468 e. The van der Waals surface area contributed by atoms with Crippen molar-refractivity contribution in [1.29, 1.82) is 0 Å². The summed E-state index contributed by atoms with van der Waals surface area (Å²) in [6, 6.07) is 0. The van der Waals surface area contributed by atoms with Crippen molar-refractivity contribution in [1.82, 2.24) is 0 Å². The predicted octanol–water partition coefficient (Wildman–Crippen LogP) is 1.86. The first kappa shape index (κ1) is 12.9. The van der Waals surface area contributed by atoms with Gasteiger partial charge in [-0.25, -0.2) is 0 Å². The minimum atomic E-state index is -0.807. The molecule has 0 N–H and O–H groups in total. The van der Waals surface area contributed by atoms with Gasteiger partial charge in [-0.2, -0.15) is 0 Å². The molecular formula is C14H18O4. The van der Waals surface area contributed by atoms with Crippen LogP contribution in [0, 0.1) is 17.8 Å². The van der Waals surface area contributed by atoms with E-state index in [4.69, 9.17) is 4.74 Å². The molecule has 0 aromatic rings. The fourth-order valence-corrected chi connectivity index (χ4v) is 3.24. The molecule has 1 saturated carbocycles. The summed E-state index contributed by atoms with van der Waals surface area (Å²) in [4.78, 5) is 23.4. The van der Waals surface area contributed by atoms with E-state index in [1.165, 1.54) is 7.11 Å². The first-order valence-corrected chi connectivity index (χ1v) is 6.15. The maximum Gasteiger partial charge on any atom is 0.321 e. The van der Waals surface area contributed by atoms with Crippen LogP contribution in [0.5, 0.6) is 0 Å². The van der Waals surface area contributed by atoms with Crippen molar-refractivity contribution in [3.05, 3.63) is 25.3 Å². The van der Waals surface area contributed by atoms with E-state index in [-0.39, 0.29) is 11.8 Å². The van der Waals surface area contributed by atoms with Crippen LogP contribution in [0.2, 0.25) is 0 Å². The molecule has 2 rings (SSSR count). The molecule has 18 heavy (non-hydrogen) atoms. The molecule has 1 aliphatic heterocycles. The normalized spacial score (nSPS) is 38.5. The maximum absolute atomic E-state index is 11.9. The van der Waals surface area contributed by atoms with Crippen molar-refractivity contribution in [3.8, 4) is 0 Å². The van der Waals surface area contributed by atoms with E-state index in [0.717, 1.165) is 12.8 Å². The third-order valence-corrected chi connectivity index (χ3v) is 4.20. The summed E-state index contributed by atoms with van der Waals surface area (Å²) in [7, 11) is 1.28. The van der Waals surface area contributed by atoms with Gasteiger partial charge in [0.1, 0.15) is 5.60 Å². The summed E-state index contributed by atoms with van der Waals surface area (Å²) in [6.07, 6.45) is 5.81. The van der Waals surface area contributed by atoms with Crippen LogP contribution in [-0.2, 0) is 19.1 Å². The molecule has 2 aliphatic rings. The fourth-order valence-electron chi connectivity index (χ4n) is 3.24. The molecule has 4 atom stereocenters. The van der Waals surface area contributed by atoms with Crippen LogP contribution in [0.25, 0.3) is 0 Å². The third-order valence-electron chi connectivity index (χ3n) is 4.20. The van der Waals surface area contributed by atoms with E-state index in [9.17, 15) is 9.59 Å². The van der Waals surface area contributed by atoms with Gasteiger partial charge in [0.25, 0.3) is 0 Å². The number of rotatable bonds is 3. The number of methoxy groups -OCH3 is 1. The highest BCUT2D eigenvalue weighted by Crippen LogP contribution is 2.52. The van der Waals surface area contributed by atoms with Gasteiger partial charge in [-0.05, 0) is 12.8 Å². The van der Waals surface area contributed by atoms with E-state index in [2.05, 4.69) is 17.9 Å². The Balaban J connectivity index is 2.31. The Kier molecular flexibility index (Phi) is 3.28. The number of hydrogen-bond acceptors (Lipinski definition) is 4. The van der Waals surface area contributed by atoms with Crippen molar-refractivity contribution in [3.63, 3.8) is 0 Å². The molecule has 4 heteroatoms. The molecule has 2 fully saturated rings. The zero-order valence-corrected chi connectivity index (χ0v) is 10.6. The lowest BCUT2D eigenvalue weighted by atomic mass is 9.79. The first-order valence-electron chi connectivity index (χ1n) is 6.15. The third kappa shape index (κ3) is 1.67. The molecule has 1 aliphatic carbocycles. The Morgan fingerprint density at radius 1 is 1.39 bits per heavy atom.